The van der Waals surface area contributed by atoms with E-state index in [0.29, 0.717) is 5.56 Å². The van der Waals surface area contributed by atoms with Crippen molar-refractivity contribution in [1.82, 2.24) is 4.98 Å². The van der Waals surface area contributed by atoms with Gasteiger partial charge in [-0.3, -0.25) is 14.9 Å². The van der Waals surface area contributed by atoms with E-state index in [2.05, 4.69) is 10.3 Å². The molecule has 0 spiro atoms. The maximum absolute atomic E-state index is 12.4. The lowest BCUT2D eigenvalue weighted by molar-refractivity contribution is -0.384. The Morgan fingerprint density at radius 1 is 1.25 bits per heavy atom. The van der Waals surface area contributed by atoms with Crippen molar-refractivity contribution in [2.24, 2.45) is 0 Å². The van der Waals surface area contributed by atoms with E-state index in [1.807, 2.05) is 0 Å². The largest absolute Gasteiger partial charge is 0.495 e. The lowest BCUT2D eigenvalue weighted by atomic mass is 10.2. The van der Waals surface area contributed by atoms with Gasteiger partial charge < -0.3 is 14.8 Å². The molecule has 1 heterocycles. The zero-order valence-electron chi connectivity index (χ0n) is 14.9. The minimum absolute atomic E-state index is 0.107. The summed E-state index contributed by atoms with van der Waals surface area (Å²) in [5.74, 6) is -1.07. The highest BCUT2D eigenvalue weighted by molar-refractivity contribution is 7.16. The van der Waals surface area contributed by atoms with Crippen molar-refractivity contribution >= 4 is 44.8 Å². The molecule has 1 N–H and O–H groups in total. The minimum atomic E-state index is -1.13. The number of benzene rings is 2. The molecule has 0 unspecified atom stereocenters. The van der Waals surface area contributed by atoms with Crippen LogP contribution in [-0.4, -0.2) is 35.0 Å². The summed E-state index contributed by atoms with van der Waals surface area (Å²) in [7, 11) is 1.37. The van der Waals surface area contributed by atoms with E-state index < -0.39 is 22.9 Å². The van der Waals surface area contributed by atoms with Crippen molar-refractivity contribution in [3.63, 3.8) is 0 Å². The topological polar surface area (TPSA) is 121 Å². The van der Waals surface area contributed by atoms with Crippen LogP contribution in [0.15, 0.2) is 41.9 Å². The monoisotopic (exact) mass is 401 g/mol. The van der Waals surface area contributed by atoms with Crippen molar-refractivity contribution in [2.45, 2.75) is 13.0 Å². The standard InChI is InChI=1S/C18H15N3O6S/c1-10(27-18(23)11-3-5-13-16(7-11)28-9-19-13)17(22)20-14-8-12(21(24)25)4-6-15(14)26-2/h3-10H,1-2H3,(H,20,22)/t10-/m1/s1. The second-order valence-corrected chi connectivity index (χ2v) is 6.60. The fraction of sp³-hybridized carbons (Fsp3) is 0.167. The average Bonchev–Trinajstić information content (AvgIpc) is 3.15. The number of hydrogen-bond acceptors (Lipinski definition) is 8. The van der Waals surface area contributed by atoms with Crippen molar-refractivity contribution in [3.05, 3.63) is 57.6 Å². The number of amides is 1. The zero-order valence-corrected chi connectivity index (χ0v) is 15.7. The van der Waals surface area contributed by atoms with E-state index in [4.69, 9.17) is 9.47 Å². The molecule has 1 aromatic heterocycles. The summed E-state index contributed by atoms with van der Waals surface area (Å²) in [6.07, 6.45) is -1.13. The molecule has 10 heteroatoms. The van der Waals surface area contributed by atoms with E-state index in [-0.39, 0.29) is 17.1 Å². The molecule has 9 nitrogen and oxygen atoms in total. The first-order valence-corrected chi connectivity index (χ1v) is 8.94. The van der Waals surface area contributed by atoms with Gasteiger partial charge in [0.1, 0.15) is 5.75 Å². The van der Waals surface area contributed by atoms with Gasteiger partial charge in [0.05, 0.1) is 39.0 Å². The quantitative estimate of drug-likeness (QED) is 0.382. The fourth-order valence-corrected chi connectivity index (χ4v) is 3.12. The van der Waals surface area contributed by atoms with Gasteiger partial charge in [0.15, 0.2) is 6.10 Å². The number of carbonyl (C=O) groups excluding carboxylic acids is 2. The first kappa shape index (κ1) is 19.2. The van der Waals surface area contributed by atoms with Gasteiger partial charge in [-0.25, -0.2) is 9.78 Å². The van der Waals surface area contributed by atoms with Gasteiger partial charge >= 0.3 is 5.97 Å². The second kappa shape index (κ2) is 8.01. The summed E-state index contributed by atoms with van der Waals surface area (Å²) >= 11 is 1.39. The number of nitro benzene ring substituents is 1. The Labute approximate surface area is 163 Å². The predicted octanol–water partition coefficient (Wildman–Crippen LogP) is 3.40. The number of anilines is 1. The molecule has 0 aliphatic carbocycles. The van der Waals surface area contributed by atoms with Crippen LogP contribution in [0.5, 0.6) is 5.75 Å². The van der Waals surface area contributed by atoms with Crippen LogP contribution in [0.3, 0.4) is 0 Å². The van der Waals surface area contributed by atoms with E-state index in [1.54, 1.807) is 23.7 Å². The number of methoxy groups -OCH3 is 1. The predicted molar refractivity (Wildman–Crippen MR) is 103 cm³/mol. The third kappa shape index (κ3) is 4.07. The van der Waals surface area contributed by atoms with Crippen molar-refractivity contribution in [3.8, 4) is 5.75 Å². The Kier molecular flexibility index (Phi) is 5.50. The molecule has 0 saturated heterocycles. The summed E-state index contributed by atoms with van der Waals surface area (Å²) in [5.41, 5.74) is 2.63. The molecule has 28 heavy (non-hydrogen) atoms. The van der Waals surface area contributed by atoms with Gasteiger partial charge in [-0.1, -0.05) is 0 Å². The van der Waals surface area contributed by atoms with E-state index >= 15 is 0 Å². The normalized spacial score (nSPS) is 11.6. The number of nitrogens with one attached hydrogen (secondary N) is 1. The molecule has 0 aliphatic rings. The number of aromatic nitrogens is 1. The first-order chi connectivity index (χ1) is 13.4. The van der Waals surface area contributed by atoms with Crippen LogP contribution in [0.25, 0.3) is 10.2 Å². The van der Waals surface area contributed by atoms with Crippen LogP contribution in [0.4, 0.5) is 11.4 Å². The number of nitro groups is 1. The molecule has 2 aromatic carbocycles. The molecule has 0 fully saturated rings. The Bertz CT molecular complexity index is 1060. The van der Waals surface area contributed by atoms with Crippen LogP contribution in [0.1, 0.15) is 17.3 Å². The molecule has 3 aromatic rings. The summed E-state index contributed by atoms with van der Waals surface area (Å²) in [4.78, 5) is 39.2. The molecule has 0 aliphatic heterocycles. The number of fused-ring (bicyclic) bond motifs is 1. The molecular formula is C18H15N3O6S. The number of carbonyl (C=O) groups is 2. The number of non-ortho nitro benzene ring substituents is 1. The van der Waals surface area contributed by atoms with E-state index in [0.717, 1.165) is 10.2 Å². The molecule has 0 radical (unpaired) electrons. The zero-order chi connectivity index (χ0) is 20.3. The molecule has 0 saturated carbocycles. The number of rotatable bonds is 6. The summed E-state index contributed by atoms with van der Waals surface area (Å²) in [5, 5.41) is 13.4. The van der Waals surface area contributed by atoms with Gasteiger partial charge in [0.25, 0.3) is 11.6 Å². The lowest BCUT2D eigenvalue weighted by Gasteiger charge is -2.15. The molecule has 3 rings (SSSR count). The maximum atomic E-state index is 12.4. The number of thiazole rings is 1. The summed E-state index contributed by atoms with van der Waals surface area (Å²) in [6, 6.07) is 8.70. The number of ether oxygens (including phenoxy) is 2. The smallest absolute Gasteiger partial charge is 0.338 e. The van der Waals surface area contributed by atoms with E-state index in [9.17, 15) is 19.7 Å². The SMILES string of the molecule is COc1ccc([N+](=O)[O-])cc1NC(=O)[C@@H](C)OC(=O)c1ccc2ncsc2c1. The maximum Gasteiger partial charge on any atom is 0.338 e. The number of nitrogens with zero attached hydrogens (tertiary/aromatic N) is 2. The highest BCUT2D eigenvalue weighted by Crippen LogP contribution is 2.29. The van der Waals surface area contributed by atoms with Crippen molar-refractivity contribution in [1.29, 1.82) is 0 Å². The van der Waals surface area contributed by atoms with Gasteiger partial charge in [-0.15, -0.1) is 11.3 Å². The number of esters is 1. The molecule has 144 valence electrons. The van der Waals surface area contributed by atoms with Crippen LogP contribution in [0, 0.1) is 10.1 Å². The van der Waals surface area contributed by atoms with Crippen LogP contribution in [0.2, 0.25) is 0 Å². The van der Waals surface area contributed by atoms with Crippen LogP contribution in [-0.2, 0) is 9.53 Å². The first-order valence-electron chi connectivity index (χ1n) is 8.06. The number of hydrogen-bond donors (Lipinski definition) is 1. The van der Waals surface area contributed by atoms with Crippen molar-refractivity contribution < 1.29 is 24.0 Å². The highest BCUT2D eigenvalue weighted by Gasteiger charge is 2.22. The highest BCUT2D eigenvalue weighted by atomic mass is 32.1. The Hall–Kier alpha value is -3.53. The van der Waals surface area contributed by atoms with Gasteiger partial charge in [-0.2, -0.15) is 0 Å². The second-order valence-electron chi connectivity index (χ2n) is 5.71. The molecular weight excluding hydrogens is 386 g/mol. The Balaban J connectivity index is 1.71. The molecule has 1 atom stereocenters. The Morgan fingerprint density at radius 2 is 2.04 bits per heavy atom. The Morgan fingerprint density at radius 3 is 2.75 bits per heavy atom. The van der Waals surface area contributed by atoms with Crippen LogP contribution >= 0.6 is 11.3 Å². The van der Waals surface area contributed by atoms with Gasteiger partial charge in [0, 0.05) is 12.1 Å². The molecule has 0 bridgehead atoms. The summed E-state index contributed by atoms with van der Waals surface area (Å²) in [6.45, 7) is 1.41. The van der Waals surface area contributed by atoms with Crippen LogP contribution < -0.4 is 10.1 Å². The lowest BCUT2D eigenvalue weighted by Crippen LogP contribution is -2.30. The summed E-state index contributed by atoms with van der Waals surface area (Å²) < 4.78 is 11.1. The molecule has 1 amide bonds. The third-order valence-electron chi connectivity index (χ3n) is 3.87. The third-order valence-corrected chi connectivity index (χ3v) is 4.66. The van der Waals surface area contributed by atoms with Gasteiger partial charge in [-0.05, 0) is 31.2 Å². The van der Waals surface area contributed by atoms with Gasteiger partial charge in [0.2, 0.25) is 0 Å². The van der Waals surface area contributed by atoms with E-state index in [1.165, 1.54) is 43.6 Å². The average molecular weight is 401 g/mol. The fourth-order valence-electron chi connectivity index (χ4n) is 2.41. The minimum Gasteiger partial charge on any atom is -0.495 e. The van der Waals surface area contributed by atoms with Crippen molar-refractivity contribution in [2.75, 3.05) is 12.4 Å².